The summed E-state index contributed by atoms with van der Waals surface area (Å²) in [5.74, 6) is 2.03. The van der Waals surface area contributed by atoms with Crippen molar-refractivity contribution in [3.63, 3.8) is 0 Å². The Morgan fingerprint density at radius 2 is 2.13 bits per heavy atom. The standard InChI is InChI=1S/C16H17N3O3S/c20-15(10-19-5-7-23-8-6-19)18-17-9-12-11-22-14-4-2-1-3-13(14)16(12)21/h1-4,9,11H,5-8,10H2,(H,18,20)/p+1/b17-9-. The number of carbonyl (C=O) groups is 1. The highest BCUT2D eigenvalue weighted by Gasteiger charge is 2.17. The maximum Gasteiger partial charge on any atom is 0.295 e. The molecule has 2 aromatic rings. The van der Waals surface area contributed by atoms with Crippen LogP contribution in [-0.2, 0) is 4.79 Å². The molecule has 0 radical (unpaired) electrons. The van der Waals surface area contributed by atoms with E-state index >= 15 is 0 Å². The molecular weight excluding hydrogens is 314 g/mol. The monoisotopic (exact) mass is 332 g/mol. The lowest BCUT2D eigenvalue weighted by Gasteiger charge is -2.21. The van der Waals surface area contributed by atoms with E-state index in [1.807, 2.05) is 11.8 Å². The normalized spacial score (nSPS) is 16.0. The van der Waals surface area contributed by atoms with Crippen LogP contribution in [0.2, 0.25) is 0 Å². The Morgan fingerprint density at radius 1 is 1.35 bits per heavy atom. The van der Waals surface area contributed by atoms with Gasteiger partial charge in [0.25, 0.3) is 5.91 Å². The summed E-state index contributed by atoms with van der Waals surface area (Å²) in [6.45, 7) is 2.40. The van der Waals surface area contributed by atoms with Crippen LogP contribution < -0.4 is 15.8 Å². The van der Waals surface area contributed by atoms with E-state index in [1.165, 1.54) is 17.4 Å². The topological polar surface area (TPSA) is 76.1 Å². The second-order valence-corrected chi connectivity index (χ2v) is 6.57. The quantitative estimate of drug-likeness (QED) is 0.604. The van der Waals surface area contributed by atoms with Crippen molar-refractivity contribution in [1.29, 1.82) is 0 Å². The molecule has 0 atom stereocenters. The van der Waals surface area contributed by atoms with Crippen molar-refractivity contribution in [1.82, 2.24) is 5.43 Å². The number of rotatable bonds is 4. The lowest BCUT2D eigenvalue weighted by atomic mass is 10.2. The zero-order valence-corrected chi connectivity index (χ0v) is 13.4. The second-order valence-electron chi connectivity index (χ2n) is 5.35. The van der Waals surface area contributed by atoms with Crippen molar-refractivity contribution in [2.24, 2.45) is 5.10 Å². The number of carbonyl (C=O) groups excluding carboxylic acids is 1. The van der Waals surface area contributed by atoms with Crippen LogP contribution in [-0.4, -0.2) is 43.3 Å². The second kappa shape index (κ2) is 7.43. The van der Waals surface area contributed by atoms with Gasteiger partial charge in [-0.05, 0) is 12.1 Å². The zero-order valence-electron chi connectivity index (χ0n) is 12.6. The summed E-state index contributed by atoms with van der Waals surface area (Å²) >= 11 is 1.92. The Bertz CT molecular complexity index is 781. The summed E-state index contributed by atoms with van der Waals surface area (Å²) in [5.41, 5.74) is 3.16. The largest absolute Gasteiger partial charge is 0.463 e. The molecule has 1 amide bonds. The van der Waals surface area contributed by atoms with Gasteiger partial charge in [0.1, 0.15) is 11.8 Å². The number of para-hydroxylation sites is 1. The number of hydrogen-bond acceptors (Lipinski definition) is 5. The van der Waals surface area contributed by atoms with Crippen LogP contribution in [0, 0.1) is 0 Å². The lowest BCUT2D eigenvalue weighted by molar-refractivity contribution is -0.888. The molecule has 0 aliphatic carbocycles. The minimum Gasteiger partial charge on any atom is -0.463 e. The van der Waals surface area contributed by atoms with E-state index < -0.39 is 0 Å². The van der Waals surface area contributed by atoms with Crippen LogP contribution in [0.5, 0.6) is 0 Å². The van der Waals surface area contributed by atoms with Gasteiger partial charge in [0.2, 0.25) is 5.43 Å². The molecule has 0 unspecified atom stereocenters. The molecule has 23 heavy (non-hydrogen) atoms. The fourth-order valence-corrected chi connectivity index (χ4v) is 3.53. The predicted molar refractivity (Wildman–Crippen MR) is 91.1 cm³/mol. The Labute approximate surface area is 137 Å². The Morgan fingerprint density at radius 3 is 2.96 bits per heavy atom. The molecule has 3 rings (SSSR count). The van der Waals surface area contributed by atoms with Gasteiger partial charge in [-0.2, -0.15) is 16.9 Å². The highest BCUT2D eigenvalue weighted by molar-refractivity contribution is 7.99. The van der Waals surface area contributed by atoms with Crippen molar-refractivity contribution in [3.05, 3.63) is 46.3 Å². The van der Waals surface area contributed by atoms with E-state index in [1.54, 1.807) is 24.3 Å². The van der Waals surface area contributed by atoms with Crippen LogP contribution in [0.4, 0.5) is 0 Å². The first-order valence-corrected chi connectivity index (χ1v) is 8.63. The van der Waals surface area contributed by atoms with Crippen molar-refractivity contribution in [2.75, 3.05) is 31.1 Å². The van der Waals surface area contributed by atoms with Crippen molar-refractivity contribution < 1.29 is 14.1 Å². The van der Waals surface area contributed by atoms with Gasteiger partial charge in [-0.25, -0.2) is 5.43 Å². The van der Waals surface area contributed by atoms with E-state index in [0.717, 1.165) is 24.6 Å². The summed E-state index contributed by atoms with van der Waals surface area (Å²) in [7, 11) is 0. The third-order valence-corrected chi connectivity index (χ3v) is 4.70. The molecular formula is C16H18N3O3S+. The summed E-state index contributed by atoms with van der Waals surface area (Å²) < 4.78 is 5.39. The van der Waals surface area contributed by atoms with Crippen molar-refractivity contribution in [3.8, 4) is 0 Å². The van der Waals surface area contributed by atoms with Gasteiger partial charge in [-0.3, -0.25) is 9.59 Å². The van der Waals surface area contributed by atoms with Crippen LogP contribution in [0.25, 0.3) is 11.0 Å². The fraction of sp³-hybridized carbons (Fsp3) is 0.312. The number of amides is 1. The lowest BCUT2D eigenvalue weighted by Crippen LogP contribution is -3.14. The summed E-state index contributed by atoms with van der Waals surface area (Å²) in [6.07, 6.45) is 2.69. The highest BCUT2D eigenvalue weighted by atomic mass is 32.2. The van der Waals surface area contributed by atoms with E-state index in [4.69, 9.17) is 4.42 Å². The third-order valence-electron chi connectivity index (χ3n) is 3.71. The van der Waals surface area contributed by atoms with Gasteiger partial charge in [0.05, 0.1) is 30.3 Å². The number of quaternary nitrogens is 1. The molecule has 7 heteroatoms. The van der Waals surface area contributed by atoms with Gasteiger partial charge >= 0.3 is 0 Å². The molecule has 120 valence electrons. The molecule has 0 spiro atoms. The first kappa shape index (κ1) is 15.8. The maximum absolute atomic E-state index is 12.3. The molecule has 1 fully saturated rings. The molecule has 1 aromatic carbocycles. The molecule has 0 bridgehead atoms. The fourth-order valence-electron chi connectivity index (χ4n) is 2.46. The van der Waals surface area contributed by atoms with Crippen molar-refractivity contribution in [2.45, 2.75) is 0 Å². The third kappa shape index (κ3) is 4.00. The van der Waals surface area contributed by atoms with E-state index in [9.17, 15) is 9.59 Å². The number of thioether (sulfide) groups is 1. The molecule has 6 nitrogen and oxygen atoms in total. The number of hydrazone groups is 1. The maximum atomic E-state index is 12.3. The Balaban J connectivity index is 1.62. The predicted octanol–water partition coefficient (Wildman–Crippen LogP) is -0.125. The molecule has 1 aliphatic rings. The molecule has 1 aromatic heterocycles. The average molecular weight is 332 g/mol. The molecule has 1 aliphatic heterocycles. The highest BCUT2D eigenvalue weighted by Crippen LogP contribution is 2.09. The molecule has 0 saturated carbocycles. The van der Waals surface area contributed by atoms with Gasteiger partial charge < -0.3 is 9.32 Å². The van der Waals surface area contributed by atoms with Gasteiger partial charge in [0, 0.05) is 11.5 Å². The van der Waals surface area contributed by atoms with Crippen LogP contribution in [0.3, 0.4) is 0 Å². The van der Waals surface area contributed by atoms with E-state index in [-0.39, 0.29) is 11.3 Å². The van der Waals surface area contributed by atoms with Crippen LogP contribution in [0.1, 0.15) is 5.56 Å². The van der Waals surface area contributed by atoms with Gasteiger partial charge in [-0.15, -0.1) is 0 Å². The van der Waals surface area contributed by atoms with Crippen molar-refractivity contribution >= 4 is 34.9 Å². The van der Waals surface area contributed by atoms with Gasteiger partial charge in [0.15, 0.2) is 6.54 Å². The van der Waals surface area contributed by atoms with E-state index in [0.29, 0.717) is 23.1 Å². The average Bonchev–Trinajstić information content (AvgIpc) is 2.58. The SMILES string of the molecule is O=C(C[NH+]1CCSCC1)N/N=C\c1coc2ccccc2c1=O. The smallest absolute Gasteiger partial charge is 0.295 e. The number of nitrogens with zero attached hydrogens (tertiary/aromatic N) is 1. The summed E-state index contributed by atoms with van der Waals surface area (Å²) in [5, 5.41) is 4.37. The first-order valence-electron chi connectivity index (χ1n) is 7.48. The minimum absolute atomic E-state index is 0.145. The summed E-state index contributed by atoms with van der Waals surface area (Å²) in [4.78, 5) is 25.4. The number of nitrogens with one attached hydrogen (secondary N) is 2. The first-order chi connectivity index (χ1) is 11.2. The molecule has 2 heterocycles. The van der Waals surface area contributed by atoms with Gasteiger partial charge in [-0.1, -0.05) is 12.1 Å². The number of fused-ring (bicyclic) bond motifs is 1. The zero-order chi connectivity index (χ0) is 16.1. The minimum atomic E-state index is -0.163. The Kier molecular flexibility index (Phi) is 5.09. The summed E-state index contributed by atoms with van der Waals surface area (Å²) in [6, 6.07) is 7.02. The number of benzene rings is 1. The van der Waals surface area contributed by atoms with Crippen LogP contribution in [0.15, 0.2) is 44.8 Å². The van der Waals surface area contributed by atoms with E-state index in [2.05, 4.69) is 10.5 Å². The number of hydrogen-bond donors (Lipinski definition) is 2. The molecule has 2 N–H and O–H groups in total. The Hall–Kier alpha value is -2.12. The van der Waals surface area contributed by atoms with Crippen LogP contribution >= 0.6 is 11.8 Å². The molecule has 1 saturated heterocycles.